The van der Waals surface area contributed by atoms with Gasteiger partial charge in [-0.25, -0.2) is 9.97 Å². The van der Waals surface area contributed by atoms with Crippen molar-refractivity contribution in [2.45, 2.75) is 19.8 Å². The predicted octanol–water partition coefficient (Wildman–Crippen LogP) is 4.59. The van der Waals surface area contributed by atoms with Crippen molar-refractivity contribution in [2.24, 2.45) is 5.92 Å². The van der Waals surface area contributed by atoms with Crippen LogP contribution in [-0.2, 0) is 0 Å². The molecule has 0 saturated carbocycles. The Balaban J connectivity index is 1.83. The highest BCUT2D eigenvalue weighted by atomic mass is 32.1. The SMILES string of the molecule is CC1CCN(c2ncnc3scc(-c4ccccc4)c23)CC1. The third kappa shape index (κ3) is 2.37. The van der Waals surface area contributed by atoms with Crippen molar-refractivity contribution in [3.05, 3.63) is 42.0 Å². The van der Waals surface area contributed by atoms with Crippen LogP contribution in [0.25, 0.3) is 21.3 Å². The molecule has 4 rings (SSSR count). The average Bonchev–Trinajstić information content (AvgIpc) is 3.00. The van der Waals surface area contributed by atoms with Gasteiger partial charge in [0.05, 0.1) is 5.39 Å². The van der Waals surface area contributed by atoms with Gasteiger partial charge in [-0.05, 0) is 24.3 Å². The highest BCUT2D eigenvalue weighted by molar-refractivity contribution is 7.17. The minimum Gasteiger partial charge on any atom is -0.356 e. The maximum absolute atomic E-state index is 4.64. The van der Waals surface area contributed by atoms with Crippen molar-refractivity contribution in [2.75, 3.05) is 18.0 Å². The van der Waals surface area contributed by atoms with E-state index in [1.54, 1.807) is 17.7 Å². The van der Waals surface area contributed by atoms with Crippen LogP contribution < -0.4 is 4.90 Å². The van der Waals surface area contributed by atoms with Crippen molar-refractivity contribution in [3.8, 4) is 11.1 Å². The summed E-state index contributed by atoms with van der Waals surface area (Å²) in [6.45, 7) is 4.53. The molecule has 4 heteroatoms. The molecule has 0 spiro atoms. The molecular weight excluding hydrogens is 290 g/mol. The van der Waals surface area contributed by atoms with Crippen molar-refractivity contribution >= 4 is 27.4 Å². The van der Waals surface area contributed by atoms with Crippen molar-refractivity contribution in [3.63, 3.8) is 0 Å². The number of aromatic nitrogens is 2. The van der Waals surface area contributed by atoms with Crippen LogP contribution in [-0.4, -0.2) is 23.1 Å². The van der Waals surface area contributed by atoms with Gasteiger partial charge in [-0.15, -0.1) is 11.3 Å². The summed E-state index contributed by atoms with van der Waals surface area (Å²) >= 11 is 1.71. The van der Waals surface area contributed by atoms with Crippen LogP contribution in [0.1, 0.15) is 19.8 Å². The largest absolute Gasteiger partial charge is 0.356 e. The van der Waals surface area contributed by atoms with E-state index in [2.05, 4.69) is 57.5 Å². The molecule has 112 valence electrons. The summed E-state index contributed by atoms with van der Waals surface area (Å²) in [7, 11) is 0. The molecule has 1 aromatic carbocycles. The van der Waals surface area contributed by atoms with Gasteiger partial charge in [-0.1, -0.05) is 37.3 Å². The van der Waals surface area contributed by atoms with E-state index < -0.39 is 0 Å². The van der Waals surface area contributed by atoms with E-state index in [9.17, 15) is 0 Å². The first kappa shape index (κ1) is 13.7. The molecule has 3 heterocycles. The van der Waals surface area contributed by atoms with Gasteiger partial charge in [0.2, 0.25) is 0 Å². The number of fused-ring (bicyclic) bond motifs is 1. The lowest BCUT2D eigenvalue weighted by molar-refractivity contribution is 0.437. The van der Waals surface area contributed by atoms with Gasteiger partial charge >= 0.3 is 0 Å². The highest BCUT2D eigenvalue weighted by Gasteiger charge is 2.21. The third-order valence-corrected chi connectivity index (χ3v) is 5.40. The standard InChI is InChI=1S/C18H19N3S/c1-13-7-9-21(10-8-13)17-16-15(14-5-3-2-4-6-14)11-22-18(16)20-12-19-17/h2-6,11-13H,7-10H2,1H3. The van der Waals surface area contributed by atoms with Gasteiger partial charge < -0.3 is 4.90 Å². The lowest BCUT2D eigenvalue weighted by Crippen LogP contribution is -2.33. The number of hydrogen-bond acceptors (Lipinski definition) is 4. The molecule has 0 radical (unpaired) electrons. The molecule has 1 aliphatic rings. The first-order chi connectivity index (χ1) is 10.8. The van der Waals surface area contributed by atoms with E-state index in [1.165, 1.54) is 29.4 Å². The first-order valence-corrected chi connectivity index (χ1v) is 8.73. The van der Waals surface area contributed by atoms with Crippen LogP contribution in [0.5, 0.6) is 0 Å². The second-order valence-corrected chi connectivity index (χ2v) is 6.92. The smallest absolute Gasteiger partial charge is 0.141 e. The molecule has 0 atom stereocenters. The summed E-state index contributed by atoms with van der Waals surface area (Å²) in [6.07, 6.45) is 4.20. The molecule has 1 fully saturated rings. The summed E-state index contributed by atoms with van der Waals surface area (Å²) in [6, 6.07) is 10.6. The lowest BCUT2D eigenvalue weighted by Gasteiger charge is -2.31. The van der Waals surface area contributed by atoms with Gasteiger partial charge in [0, 0.05) is 24.0 Å². The molecular formula is C18H19N3S. The summed E-state index contributed by atoms with van der Waals surface area (Å²) in [5.74, 6) is 1.93. The second kappa shape index (κ2) is 5.69. The molecule has 3 nitrogen and oxygen atoms in total. The molecule has 2 aromatic heterocycles. The van der Waals surface area contributed by atoms with Crippen LogP contribution in [0.3, 0.4) is 0 Å². The topological polar surface area (TPSA) is 29.0 Å². The first-order valence-electron chi connectivity index (χ1n) is 7.85. The zero-order valence-electron chi connectivity index (χ0n) is 12.7. The van der Waals surface area contributed by atoms with E-state index in [0.717, 1.165) is 29.7 Å². The molecule has 0 unspecified atom stereocenters. The predicted molar refractivity (Wildman–Crippen MR) is 93.5 cm³/mol. The van der Waals surface area contributed by atoms with Gasteiger partial charge in [-0.2, -0.15) is 0 Å². The van der Waals surface area contributed by atoms with Crippen LogP contribution in [0.15, 0.2) is 42.0 Å². The number of benzene rings is 1. The fourth-order valence-corrected chi connectivity index (χ4v) is 4.06. The zero-order chi connectivity index (χ0) is 14.9. The van der Waals surface area contributed by atoms with E-state index in [-0.39, 0.29) is 0 Å². The number of thiophene rings is 1. The Bertz CT molecular complexity index is 773. The zero-order valence-corrected chi connectivity index (χ0v) is 13.5. The average molecular weight is 309 g/mol. The van der Waals surface area contributed by atoms with E-state index >= 15 is 0 Å². The maximum Gasteiger partial charge on any atom is 0.141 e. The van der Waals surface area contributed by atoms with Crippen LogP contribution >= 0.6 is 11.3 Å². The van der Waals surface area contributed by atoms with Crippen LogP contribution in [0.4, 0.5) is 5.82 Å². The Morgan fingerprint density at radius 2 is 1.86 bits per heavy atom. The van der Waals surface area contributed by atoms with Gasteiger partial charge in [0.15, 0.2) is 0 Å². The van der Waals surface area contributed by atoms with Crippen LogP contribution in [0.2, 0.25) is 0 Å². The summed E-state index contributed by atoms with van der Waals surface area (Å²) in [5, 5.41) is 3.43. The number of anilines is 1. The fourth-order valence-electron chi connectivity index (χ4n) is 3.15. The Morgan fingerprint density at radius 1 is 1.09 bits per heavy atom. The Labute approximate surface area is 134 Å². The summed E-state index contributed by atoms with van der Waals surface area (Å²) in [4.78, 5) is 12.6. The molecule has 1 aliphatic heterocycles. The van der Waals surface area contributed by atoms with Crippen molar-refractivity contribution in [1.82, 2.24) is 9.97 Å². The minimum absolute atomic E-state index is 0.824. The van der Waals surface area contributed by atoms with Crippen molar-refractivity contribution < 1.29 is 0 Å². The molecule has 22 heavy (non-hydrogen) atoms. The monoisotopic (exact) mass is 309 g/mol. The third-order valence-electron chi connectivity index (χ3n) is 4.52. The Morgan fingerprint density at radius 3 is 2.64 bits per heavy atom. The Hall–Kier alpha value is -1.94. The molecule has 0 aliphatic carbocycles. The van der Waals surface area contributed by atoms with E-state index in [0.29, 0.717) is 0 Å². The molecule has 3 aromatic rings. The number of rotatable bonds is 2. The maximum atomic E-state index is 4.64. The van der Waals surface area contributed by atoms with Crippen LogP contribution in [0, 0.1) is 5.92 Å². The molecule has 1 saturated heterocycles. The number of hydrogen-bond donors (Lipinski definition) is 0. The lowest BCUT2D eigenvalue weighted by atomic mass is 9.98. The number of nitrogens with zero attached hydrogens (tertiary/aromatic N) is 3. The summed E-state index contributed by atoms with van der Waals surface area (Å²) < 4.78 is 0. The molecule has 0 bridgehead atoms. The normalized spacial score (nSPS) is 16.3. The number of piperidine rings is 1. The molecule has 0 N–H and O–H groups in total. The quantitative estimate of drug-likeness (QED) is 0.693. The fraction of sp³-hybridized carbons (Fsp3) is 0.333. The van der Waals surface area contributed by atoms with E-state index in [1.807, 2.05) is 0 Å². The highest BCUT2D eigenvalue weighted by Crippen LogP contribution is 2.38. The van der Waals surface area contributed by atoms with Gasteiger partial charge in [0.1, 0.15) is 17.0 Å². The van der Waals surface area contributed by atoms with Gasteiger partial charge in [-0.3, -0.25) is 0 Å². The minimum atomic E-state index is 0.824. The van der Waals surface area contributed by atoms with E-state index in [4.69, 9.17) is 0 Å². The van der Waals surface area contributed by atoms with Gasteiger partial charge in [0.25, 0.3) is 0 Å². The second-order valence-electron chi connectivity index (χ2n) is 6.06. The summed E-state index contributed by atoms with van der Waals surface area (Å²) in [5.41, 5.74) is 2.50. The Kier molecular flexibility index (Phi) is 3.54. The van der Waals surface area contributed by atoms with Crippen molar-refractivity contribution in [1.29, 1.82) is 0 Å². The molecule has 0 amide bonds.